The molecule has 0 aliphatic carbocycles. The topological polar surface area (TPSA) is 41.0 Å². The van der Waals surface area contributed by atoms with Crippen LogP contribution in [0.15, 0.2) is 17.2 Å². The maximum Gasteiger partial charge on any atom is 0.119 e. The van der Waals surface area contributed by atoms with Gasteiger partial charge < -0.3 is 5.32 Å². The Morgan fingerprint density at radius 3 is 2.73 bits per heavy atom. The van der Waals surface area contributed by atoms with Crippen LogP contribution >= 0.6 is 11.8 Å². The van der Waals surface area contributed by atoms with E-state index in [1.807, 2.05) is 12.3 Å². The number of rotatable bonds is 3. The van der Waals surface area contributed by atoms with Crippen molar-refractivity contribution in [3.63, 3.8) is 0 Å². The summed E-state index contributed by atoms with van der Waals surface area (Å²) in [4.78, 5) is 2.40. The lowest BCUT2D eigenvalue weighted by Crippen LogP contribution is -2.43. The molecule has 0 unspecified atom stereocenters. The van der Waals surface area contributed by atoms with Gasteiger partial charge in [0.15, 0.2) is 0 Å². The third-order valence-corrected chi connectivity index (χ3v) is 3.14. The van der Waals surface area contributed by atoms with Crippen molar-refractivity contribution >= 4 is 11.8 Å². The Kier molecular flexibility index (Phi) is 3.94. The standard InChI is InChI=1S/C10H16N4S/c1-15-10-3-2-9(12-13-10)8-14-6-4-11-5-7-14/h2-3,11H,4-8H2,1H3. The van der Waals surface area contributed by atoms with Gasteiger partial charge in [0.2, 0.25) is 0 Å². The van der Waals surface area contributed by atoms with Gasteiger partial charge in [0.25, 0.3) is 0 Å². The molecule has 0 bridgehead atoms. The van der Waals surface area contributed by atoms with E-state index in [9.17, 15) is 0 Å². The van der Waals surface area contributed by atoms with Crippen molar-refractivity contribution in [2.75, 3.05) is 32.4 Å². The number of hydrogen-bond acceptors (Lipinski definition) is 5. The number of thioether (sulfide) groups is 1. The highest BCUT2D eigenvalue weighted by Gasteiger charge is 2.10. The molecule has 1 fully saturated rings. The van der Waals surface area contributed by atoms with Gasteiger partial charge in [-0.2, -0.15) is 5.10 Å². The Hall–Kier alpha value is -0.650. The van der Waals surface area contributed by atoms with Crippen LogP contribution in [0.2, 0.25) is 0 Å². The fraction of sp³-hybridized carbons (Fsp3) is 0.600. The Bertz CT molecular complexity index is 295. The predicted octanol–water partition coefficient (Wildman–Crippen LogP) is 0.604. The van der Waals surface area contributed by atoms with Gasteiger partial charge in [-0.05, 0) is 18.4 Å². The number of nitrogens with zero attached hydrogens (tertiary/aromatic N) is 3. The average molecular weight is 224 g/mol. The largest absolute Gasteiger partial charge is 0.314 e. The van der Waals surface area contributed by atoms with Crippen molar-refractivity contribution in [3.05, 3.63) is 17.8 Å². The van der Waals surface area contributed by atoms with E-state index in [-0.39, 0.29) is 0 Å². The van der Waals surface area contributed by atoms with Crippen LogP contribution in [0, 0.1) is 0 Å². The first kappa shape index (κ1) is 10.9. The molecule has 1 aliphatic rings. The summed E-state index contributed by atoms with van der Waals surface area (Å²) in [6.07, 6.45) is 2.01. The van der Waals surface area contributed by atoms with Crippen LogP contribution in [0.1, 0.15) is 5.69 Å². The van der Waals surface area contributed by atoms with E-state index < -0.39 is 0 Å². The molecule has 82 valence electrons. The summed E-state index contributed by atoms with van der Waals surface area (Å²) in [5.41, 5.74) is 1.06. The van der Waals surface area contributed by atoms with Crippen LogP contribution in [-0.4, -0.2) is 47.5 Å². The lowest BCUT2D eigenvalue weighted by molar-refractivity contribution is 0.230. The molecule has 0 saturated carbocycles. The van der Waals surface area contributed by atoms with Gasteiger partial charge in [0.05, 0.1) is 5.69 Å². The first-order valence-electron chi connectivity index (χ1n) is 5.18. The van der Waals surface area contributed by atoms with E-state index in [0.29, 0.717) is 0 Å². The first-order chi connectivity index (χ1) is 7.38. The van der Waals surface area contributed by atoms with Crippen LogP contribution in [0.25, 0.3) is 0 Å². The Balaban J connectivity index is 1.91. The maximum absolute atomic E-state index is 4.21. The Morgan fingerprint density at radius 2 is 2.13 bits per heavy atom. The van der Waals surface area contributed by atoms with E-state index >= 15 is 0 Å². The van der Waals surface area contributed by atoms with Crippen LogP contribution in [0.5, 0.6) is 0 Å². The van der Waals surface area contributed by atoms with E-state index in [1.54, 1.807) is 11.8 Å². The molecule has 0 spiro atoms. The van der Waals surface area contributed by atoms with Crippen LogP contribution in [0.3, 0.4) is 0 Å². The summed E-state index contributed by atoms with van der Waals surface area (Å²) in [5, 5.41) is 12.7. The minimum Gasteiger partial charge on any atom is -0.314 e. The zero-order valence-corrected chi connectivity index (χ0v) is 9.76. The zero-order chi connectivity index (χ0) is 10.5. The molecule has 1 aromatic heterocycles. The zero-order valence-electron chi connectivity index (χ0n) is 8.94. The van der Waals surface area contributed by atoms with Gasteiger partial charge in [-0.1, -0.05) is 0 Å². The molecular formula is C10H16N4S. The van der Waals surface area contributed by atoms with Gasteiger partial charge in [-0.3, -0.25) is 4.90 Å². The van der Waals surface area contributed by atoms with Crippen LogP contribution in [-0.2, 0) is 6.54 Å². The smallest absolute Gasteiger partial charge is 0.119 e. The van der Waals surface area contributed by atoms with Crippen molar-refractivity contribution in [2.24, 2.45) is 0 Å². The number of aromatic nitrogens is 2. The van der Waals surface area contributed by atoms with Gasteiger partial charge in [0, 0.05) is 32.7 Å². The molecule has 1 aliphatic heterocycles. The molecule has 1 aromatic rings. The Labute approximate surface area is 94.5 Å². The second-order valence-corrected chi connectivity index (χ2v) is 4.42. The van der Waals surface area contributed by atoms with Crippen LogP contribution in [0.4, 0.5) is 0 Å². The van der Waals surface area contributed by atoms with Gasteiger partial charge in [-0.25, -0.2) is 0 Å². The summed E-state index contributed by atoms with van der Waals surface area (Å²) in [6.45, 7) is 5.29. The predicted molar refractivity (Wildman–Crippen MR) is 62.0 cm³/mol. The molecule has 15 heavy (non-hydrogen) atoms. The molecule has 0 aromatic carbocycles. The molecule has 0 atom stereocenters. The van der Waals surface area contributed by atoms with E-state index in [2.05, 4.69) is 26.5 Å². The average Bonchev–Trinajstić information content (AvgIpc) is 2.31. The van der Waals surface area contributed by atoms with Crippen molar-refractivity contribution in [1.29, 1.82) is 0 Å². The van der Waals surface area contributed by atoms with E-state index in [0.717, 1.165) is 43.4 Å². The fourth-order valence-corrected chi connectivity index (χ4v) is 1.97. The summed E-state index contributed by atoms with van der Waals surface area (Å²) in [5.74, 6) is 0. The summed E-state index contributed by atoms with van der Waals surface area (Å²) < 4.78 is 0. The molecule has 1 N–H and O–H groups in total. The third-order valence-electron chi connectivity index (χ3n) is 2.50. The molecule has 0 amide bonds. The van der Waals surface area contributed by atoms with Crippen LogP contribution < -0.4 is 5.32 Å². The second kappa shape index (κ2) is 5.44. The molecule has 0 radical (unpaired) electrons. The minimum atomic E-state index is 0.920. The van der Waals surface area contributed by atoms with Gasteiger partial charge >= 0.3 is 0 Å². The highest BCUT2D eigenvalue weighted by atomic mass is 32.2. The van der Waals surface area contributed by atoms with Gasteiger partial charge in [-0.15, -0.1) is 16.9 Å². The van der Waals surface area contributed by atoms with Crippen molar-refractivity contribution in [3.8, 4) is 0 Å². The lowest BCUT2D eigenvalue weighted by Gasteiger charge is -2.26. The molecule has 2 heterocycles. The monoisotopic (exact) mass is 224 g/mol. The molecular weight excluding hydrogens is 208 g/mol. The van der Waals surface area contributed by atoms with Crippen molar-refractivity contribution < 1.29 is 0 Å². The summed E-state index contributed by atoms with van der Waals surface area (Å²) in [6, 6.07) is 4.11. The summed E-state index contributed by atoms with van der Waals surface area (Å²) >= 11 is 1.63. The molecule has 1 saturated heterocycles. The van der Waals surface area contributed by atoms with Gasteiger partial charge in [0.1, 0.15) is 5.03 Å². The number of piperazine rings is 1. The highest BCUT2D eigenvalue weighted by molar-refractivity contribution is 7.98. The lowest BCUT2D eigenvalue weighted by atomic mass is 10.3. The second-order valence-electron chi connectivity index (χ2n) is 3.59. The Morgan fingerprint density at radius 1 is 1.33 bits per heavy atom. The normalized spacial score (nSPS) is 17.9. The minimum absolute atomic E-state index is 0.920. The number of hydrogen-bond donors (Lipinski definition) is 1. The SMILES string of the molecule is CSc1ccc(CN2CCNCC2)nn1. The quantitative estimate of drug-likeness (QED) is 0.762. The molecule has 4 nitrogen and oxygen atoms in total. The van der Waals surface area contributed by atoms with Crippen molar-refractivity contribution in [2.45, 2.75) is 11.6 Å². The van der Waals surface area contributed by atoms with E-state index in [4.69, 9.17) is 0 Å². The molecule has 2 rings (SSSR count). The summed E-state index contributed by atoms with van der Waals surface area (Å²) in [7, 11) is 0. The maximum atomic E-state index is 4.21. The molecule has 5 heteroatoms. The third kappa shape index (κ3) is 3.15. The fourth-order valence-electron chi connectivity index (χ4n) is 1.64. The number of nitrogens with one attached hydrogen (secondary N) is 1. The van der Waals surface area contributed by atoms with Crippen molar-refractivity contribution in [1.82, 2.24) is 20.4 Å². The highest BCUT2D eigenvalue weighted by Crippen LogP contribution is 2.10. The first-order valence-corrected chi connectivity index (χ1v) is 6.40. The van der Waals surface area contributed by atoms with E-state index in [1.165, 1.54) is 0 Å².